The topological polar surface area (TPSA) is 75.6 Å². The van der Waals surface area contributed by atoms with E-state index in [4.69, 9.17) is 4.74 Å². The molecule has 1 aromatic rings. The molecule has 0 saturated heterocycles. The number of sulfone groups is 1. The first-order valence-corrected chi connectivity index (χ1v) is 7.22. The lowest BCUT2D eigenvalue weighted by Gasteiger charge is -2.11. The number of rotatable bonds is 4. The molecule has 5 nitrogen and oxygen atoms in total. The van der Waals surface area contributed by atoms with Crippen LogP contribution in [0.2, 0.25) is 0 Å². The highest BCUT2D eigenvalue weighted by Crippen LogP contribution is 2.23. The molecule has 2 N–H and O–H groups in total. The van der Waals surface area contributed by atoms with Crippen molar-refractivity contribution >= 4 is 9.84 Å². The fraction of sp³-hybridized carbons (Fsp3) is 0.333. The van der Waals surface area contributed by atoms with Crippen molar-refractivity contribution in [1.82, 2.24) is 5.32 Å². The average Bonchev–Trinajstić information content (AvgIpc) is 2.67. The van der Waals surface area contributed by atoms with Crippen LogP contribution in [-0.2, 0) is 16.4 Å². The van der Waals surface area contributed by atoms with Gasteiger partial charge in [0.15, 0.2) is 9.84 Å². The molecule has 0 aliphatic carbocycles. The lowest BCUT2D eigenvalue weighted by atomic mass is 10.2. The molecule has 1 aromatic carbocycles. The molecular formula is C12H15NO4S. The zero-order valence-electron chi connectivity index (χ0n) is 9.96. The van der Waals surface area contributed by atoms with E-state index in [0.29, 0.717) is 17.9 Å². The van der Waals surface area contributed by atoms with Crippen molar-refractivity contribution in [2.24, 2.45) is 0 Å². The Labute approximate surface area is 106 Å². The molecule has 2 rings (SSSR count). The summed E-state index contributed by atoms with van der Waals surface area (Å²) in [6, 6.07) is 4.82. The molecule has 0 aromatic heterocycles. The minimum absolute atomic E-state index is 0.0733. The van der Waals surface area contributed by atoms with Gasteiger partial charge in [0.25, 0.3) is 0 Å². The van der Waals surface area contributed by atoms with Gasteiger partial charge in [0, 0.05) is 29.6 Å². The molecule has 98 valence electrons. The van der Waals surface area contributed by atoms with E-state index in [1.807, 2.05) is 0 Å². The lowest BCUT2D eigenvalue weighted by molar-refractivity contribution is 0.405. The SMILES string of the molecule is COc1ccc(CNC2C=CS(=O)(=O)C2)c(O)c1. The van der Waals surface area contributed by atoms with Crippen LogP contribution in [0, 0.1) is 0 Å². The second-order valence-electron chi connectivity index (χ2n) is 4.14. The highest BCUT2D eigenvalue weighted by atomic mass is 32.2. The van der Waals surface area contributed by atoms with Gasteiger partial charge >= 0.3 is 0 Å². The van der Waals surface area contributed by atoms with Gasteiger partial charge in [-0.3, -0.25) is 0 Å². The molecule has 1 unspecified atom stereocenters. The molecule has 0 fully saturated rings. The van der Waals surface area contributed by atoms with Crippen molar-refractivity contribution in [2.45, 2.75) is 12.6 Å². The van der Waals surface area contributed by atoms with E-state index >= 15 is 0 Å². The quantitative estimate of drug-likeness (QED) is 0.845. The first kappa shape index (κ1) is 12.9. The van der Waals surface area contributed by atoms with Crippen molar-refractivity contribution in [3.63, 3.8) is 0 Å². The summed E-state index contributed by atoms with van der Waals surface area (Å²) >= 11 is 0. The van der Waals surface area contributed by atoms with Crippen LogP contribution < -0.4 is 10.1 Å². The monoisotopic (exact) mass is 269 g/mol. The van der Waals surface area contributed by atoms with E-state index in [1.165, 1.54) is 18.6 Å². The van der Waals surface area contributed by atoms with Crippen molar-refractivity contribution in [3.05, 3.63) is 35.2 Å². The number of phenols is 1. The molecule has 0 saturated carbocycles. The smallest absolute Gasteiger partial charge is 0.173 e. The maximum absolute atomic E-state index is 11.2. The zero-order chi connectivity index (χ0) is 13.2. The number of benzene rings is 1. The summed E-state index contributed by atoms with van der Waals surface area (Å²) in [6.45, 7) is 0.403. The van der Waals surface area contributed by atoms with Gasteiger partial charge in [-0.2, -0.15) is 0 Å². The van der Waals surface area contributed by atoms with Crippen molar-refractivity contribution in [3.8, 4) is 11.5 Å². The number of hydrogen-bond donors (Lipinski definition) is 2. The Morgan fingerprint density at radius 1 is 1.50 bits per heavy atom. The lowest BCUT2D eigenvalue weighted by Crippen LogP contribution is -2.29. The molecule has 0 spiro atoms. The molecule has 1 aliphatic heterocycles. The second kappa shape index (κ2) is 4.99. The Bertz CT molecular complexity index is 565. The average molecular weight is 269 g/mol. The van der Waals surface area contributed by atoms with Gasteiger partial charge < -0.3 is 15.2 Å². The van der Waals surface area contributed by atoms with Crippen LogP contribution in [0.1, 0.15) is 5.56 Å². The van der Waals surface area contributed by atoms with E-state index < -0.39 is 9.84 Å². The molecule has 6 heteroatoms. The number of aromatic hydroxyl groups is 1. The Morgan fingerprint density at radius 3 is 2.83 bits per heavy atom. The third kappa shape index (κ3) is 3.02. The highest BCUT2D eigenvalue weighted by Gasteiger charge is 2.21. The molecule has 0 radical (unpaired) electrons. The number of ether oxygens (including phenoxy) is 1. The fourth-order valence-corrected chi connectivity index (χ4v) is 3.03. The van der Waals surface area contributed by atoms with Gasteiger partial charge in [0.05, 0.1) is 12.9 Å². The highest BCUT2D eigenvalue weighted by molar-refractivity contribution is 7.94. The van der Waals surface area contributed by atoms with Crippen LogP contribution in [0.5, 0.6) is 11.5 Å². The summed E-state index contributed by atoms with van der Waals surface area (Å²) in [5.41, 5.74) is 0.702. The molecule has 1 aliphatic rings. The van der Waals surface area contributed by atoms with Crippen LogP contribution in [0.3, 0.4) is 0 Å². The maximum Gasteiger partial charge on any atom is 0.173 e. The minimum atomic E-state index is -3.05. The van der Waals surface area contributed by atoms with E-state index in [2.05, 4.69) is 5.32 Å². The second-order valence-corrected chi connectivity index (χ2v) is 6.07. The molecular weight excluding hydrogens is 254 g/mol. The number of hydrogen-bond acceptors (Lipinski definition) is 5. The Morgan fingerprint density at radius 2 is 2.28 bits per heavy atom. The Balaban J connectivity index is 1.97. The summed E-state index contributed by atoms with van der Waals surface area (Å²) in [5, 5.41) is 14.0. The molecule has 0 bridgehead atoms. The largest absolute Gasteiger partial charge is 0.507 e. The molecule has 0 amide bonds. The molecule has 18 heavy (non-hydrogen) atoms. The first-order chi connectivity index (χ1) is 8.50. The van der Waals surface area contributed by atoms with E-state index in [1.54, 1.807) is 18.2 Å². The summed E-state index contributed by atoms with van der Waals surface area (Å²) < 4.78 is 27.4. The van der Waals surface area contributed by atoms with Crippen molar-refractivity contribution in [2.75, 3.05) is 12.9 Å². The first-order valence-electron chi connectivity index (χ1n) is 5.50. The Hall–Kier alpha value is -1.53. The van der Waals surface area contributed by atoms with Gasteiger partial charge in [-0.1, -0.05) is 12.1 Å². The Kier molecular flexibility index (Phi) is 3.58. The third-order valence-electron chi connectivity index (χ3n) is 2.78. The zero-order valence-corrected chi connectivity index (χ0v) is 10.8. The van der Waals surface area contributed by atoms with Crippen molar-refractivity contribution < 1.29 is 18.3 Å². The van der Waals surface area contributed by atoms with Gasteiger partial charge in [-0.05, 0) is 6.07 Å². The number of phenolic OH excluding ortho intramolecular Hbond substituents is 1. The molecule has 1 atom stereocenters. The van der Waals surface area contributed by atoms with Gasteiger partial charge in [0.2, 0.25) is 0 Å². The summed E-state index contributed by atoms with van der Waals surface area (Å²) in [4.78, 5) is 0. The standard InChI is InChI=1S/C12H15NO4S/c1-17-11-3-2-9(12(14)6-11)7-13-10-4-5-18(15,16)8-10/h2-6,10,13-14H,7-8H2,1H3. The summed E-state index contributed by atoms with van der Waals surface area (Å²) in [5.74, 6) is 0.787. The van der Waals surface area contributed by atoms with Gasteiger partial charge in [-0.15, -0.1) is 0 Å². The van der Waals surface area contributed by atoms with Gasteiger partial charge in [-0.25, -0.2) is 8.42 Å². The van der Waals surface area contributed by atoms with E-state index in [-0.39, 0.29) is 17.5 Å². The number of nitrogens with one attached hydrogen (secondary N) is 1. The van der Waals surface area contributed by atoms with Crippen LogP contribution in [-0.4, -0.2) is 32.4 Å². The van der Waals surface area contributed by atoms with Gasteiger partial charge in [0.1, 0.15) is 11.5 Å². The van der Waals surface area contributed by atoms with E-state index in [0.717, 1.165) is 0 Å². The van der Waals surface area contributed by atoms with E-state index in [9.17, 15) is 13.5 Å². The van der Waals surface area contributed by atoms with Crippen LogP contribution >= 0.6 is 0 Å². The maximum atomic E-state index is 11.2. The molecule has 1 heterocycles. The third-order valence-corrected chi connectivity index (χ3v) is 4.17. The number of methoxy groups -OCH3 is 1. The van der Waals surface area contributed by atoms with Crippen LogP contribution in [0.4, 0.5) is 0 Å². The summed E-state index contributed by atoms with van der Waals surface area (Å²) in [6.07, 6.45) is 1.62. The normalized spacial score (nSPS) is 21.1. The fourth-order valence-electron chi connectivity index (χ4n) is 1.76. The van der Waals surface area contributed by atoms with Crippen LogP contribution in [0.25, 0.3) is 0 Å². The van der Waals surface area contributed by atoms with Crippen LogP contribution in [0.15, 0.2) is 29.7 Å². The van der Waals surface area contributed by atoms with Crippen molar-refractivity contribution in [1.29, 1.82) is 0 Å². The minimum Gasteiger partial charge on any atom is -0.507 e. The predicted octanol–water partition coefficient (Wildman–Crippen LogP) is 0.801. The predicted molar refractivity (Wildman–Crippen MR) is 68.2 cm³/mol. The summed E-state index contributed by atoms with van der Waals surface area (Å²) in [7, 11) is -1.52.